The molecule has 8 heteroatoms. The van der Waals surface area contributed by atoms with Gasteiger partial charge in [-0.25, -0.2) is 4.79 Å². The lowest BCUT2D eigenvalue weighted by Gasteiger charge is -2.26. The van der Waals surface area contributed by atoms with Crippen molar-refractivity contribution in [1.82, 2.24) is 10.2 Å². The third-order valence-electron chi connectivity index (χ3n) is 6.03. The highest BCUT2D eigenvalue weighted by Gasteiger charge is 2.37. The van der Waals surface area contributed by atoms with Crippen LogP contribution in [-0.4, -0.2) is 42.5 Å². The molecule has 8 nitrogen and oxygen atoms in total. The first-order valence-corrected chi connectivity index (χ1v) is 11.8. The quantitative estimate of drug-likeness (QED) is 0.494. The van der Waals surface area contributed by atoms with Crippen LogP contribution in [0.25, 0.3) is 0 Å². The van der Waals surface area contributed by atoms with Crippen LogP contribution >= 0.6 is 0 Å². The average molecular weight is 488 g/mol. The van der Waals surface area contributed by atoms with Crippen molar-refractivity contribution in [3.8, 4) is 5.75 Å². The number of hydrogen-bond acceptors (Lipinski definition) is 5. The minimum atomic E-state index is -0.966. The largest absolute Gasteiger partial charge is 0.497 e. The normalized spacial score (nSPS) is 15.6. The van der Waals surface area contributed by atoms with Crippen LogP contribution in [0.15, 0.2) is 84.9 Å². The van der Waals surface area contributed by atoms with Crippen LogP contribution < -0.4 is 15.4 Å². The summed E-state index contributed by atoms with van der Waals surface area (Å²) >= 11 is 0. The summed E-state index contributed by atoms with van der Waals surface area (Å²) in [7, 11) is 1.56. The maximum atomic E-state index is 13.3. The molecule has 3 aromatic carbocycles. The van der Waals surface area contributed by atoms with E-state index in [0.717, 1.165) is 5.56 Å². The highest BCUT2D eigenvalue weighted by atomic mass is 16.6. The molecular formula is C28H29N3O5. The summed E-state index contributed by atoms with van der Waals surface area (Å²) in [6.07, 6.45) is 0.607. The number of nitrogens with zero attached hydrogens (tertiary/aromatic N) is 1. The lowest BCUT2D eigenvalue weighted by atomic mass is 10.0. The van der Waals surface area contributed by atoms with E-state index in [0.29, 0.717) is 36.4 Å². The summed E-state index contributed by atoms with van der Waals surface area (Å²) < 4.78 is 10.7. The van der Waals surface area contributed by atoms with Crippen molar-refractivity contribution in [1.29, 1.82) is 0 Å². The number of benzene rings is 3. The Kier molecular flexibility index (Phi) is 8.18. The molecule has 1 aliphatic heterocycles. The maximum Gasteiger partial charge on any atom is 0.410 e. The summed E-state index contributed by atoms with van der Waals surface area (Å²) in [5, 5.41) is 5.70. The van der Waals surface area contributed by atoms with Crippen molar-refractivity contribution in [2.45, 2.75) is 31.5 Å². The number of likely N-dealkylation sites (tertiary alicyclic amines) is 1. The fourth-order valence-corrected chi connectivity index (χ4v) is 4.13. The molecule has 0 unspecified atom stereocenters. The van der Waals surface area contributed by atoms with Crippen molar-refractivity contribution in [2.24, 2.45) is 0 Å². The van der Waals surface area contributed by atoms with E-state index in [1.165, 1.54) is 4.90 Å². The van der Waals surface area contributed by atoms with Crippen LogP contribution in [0.3, 0.4) is 0 Å². The van der Waals surface area contributed by atoms with Crippen molar-refractivity contribution in [2.75, 3.05) is 19.0 Å². The molecule has 2 atom stereocenters. The zero-order valence-corrected chi connectivity index (χ0v) is 20.1. The SMILES string of the molecule is COc1ccc([C@H](NC(=O)[C@@H]2CCCN2C(=O)OCc2ccccc2)C(=O)Nc2ccccc2)cc1. The molecule has 0 aliphatic carbocycles. The zero-order valence-electron chi connectivity index (χ0n) is 20.1. The van der Waals surface area contributed by atoms with Gasteiger partial charge in [-0.15, -0.1) is 0 Å². The number of carbonyl (C=O) groups is 3. The Morgan fingerprint density at radius 3 is 2.28 bits per heavy atom. The number of methoxy groups -OCH3 is 1. The molecule has 1 fully saturated rings. The molecule has 0 bridgehead atoms. The smallest absolute Gasteiger partial charge is 0.410 e. The second kappa shape index (κ2) is 11.9. The number of hydrogen-bond donors (Lipinski definition) is 2. The Balaban J connectivity index is 1.47. The first kappa shape index (κ1) is 24.8. The van der Waals surface area contributed by atoms with Gasteiger partial charge in [0.15, 0.2) is 0 Å². The second-order valence-electron chi connectivity index (χ2n) is 8.46. The van der Waals surface area contributed by atoms with Gasteiger partial charge >= 0.3 is 6.09 Å². The van der Waals surface area contributed by atoms with Crippen LogP contribution in [0.1, 0.15) is 30.0 Å². The summed E-state index contributed by atoms with van der Waals surface area (Å²) in [6.45, 7) is 0.535. The Morgan fingerprint density at radius 1 is 0.944 bits per heavy atom. The first-order chi connectivity index (χ1) is 17.5. The fourth-order valence-electron chi connectivity index (χ4n) is 4.13. The fraction of sp³-hybridized carbons (Fsp3) is 0.250. The minimum Gasteiger partial charge on any atom is -0.497 e. The van der Waals surface area contributed by atoms with Crippen molar-refractivity contribution < 1.29 is 23.9 Å². The molecule has 4 rings (SSSR count). The summed E-state index contributed by atoms with van der Waals surface area (Å²) in [4.78, 5) is 40.8. The molecule has 36 heavy (non-hydrogen) atoms. The molecule has 0 aromatic heterocycles. The van der Waals surface area contributed by atoms with Gasteiger partial charge in [0.2, 0.25) is 5.91 Å². The minimum absolute atomic E-state index is 0.123. The van der Waals surface area contributed by atoms with E-state index in [1.807, 2.05) is 48.5 Å². The summed E-state index contributed by atoms with van der Waals surface area (Å²) in [5.41, 5.74) is 2.07. The molecule has 186 valence electrons. The summed E-state index contributed by atoms with van der Waals surface area (Å²) in [5.74, 6) is -0.167. The standard InChI is InChI=1S/C28H29N3O5/c1-35-23-16-14-21(15-17-23)25(27(33)29-22-11-6-3-7-12-22)30-26(32)24-13-8-18-31(24)28(34)36-19-20-9-4-2-5-10-20/h2-7,9-12,14-17,24-25H,8,13,18-19H2,1H3,(H,29,33)(H,30,32)/t24-,25-/m0/s1. The van der Waals surface area contributed by atoms with Crippen LogP contribution in [0, 0.1) is 0 Å². The van der Waals surface area contributed by atoms with E-state index in [-0.39, 0.29) is 6.61 Å². The Labute approximate surface area is 210 Å². The second-order valence-corrected chi connectivity index (χ2v) is 8.46. The molecule has 1 aliphatic rings. The number of carbonyl (C=O) groups excluding carboxylic acids is 3. The Bertz CT molecular complexity index is 1170. The number of anilines is 1. The van der Waals surface area contributed by atoms with Gasteiger partial charge in [0.05, 0.1) is 7.11 Å². The average Bonchev–Trinajstić information content (AvgIpc) is 3.42. The zero-order chi connectivity index (χ0) is 25.3. The van der Waals surface area contributed by atoms with E-state index < -0.39 is 30.0 Å². The third-order valence-corrected chi connectivity index (χ3v) is 6.03. The number of para-hydroxylation sites is 1. The molecule has 0 spiro atoms. The van der Waals surface area contributed by atoms with Gasteiger partial charge in [-0.3, -0.25) is 14.5 Å². The molecule has 3 amide bonds. The summed E-state index contributed by atoms with van der Waals surface area (Å²) in [6, 6.07) is 23.6. The lowest BCUT2D eigenvalue weighted by molar-refractivity contribution is -0.129. The monoisotopic (exact) mass is 487 g/mol. The van der Waals surface area contributed by atoms with E-state index in [4.69, 9.17) is 9.47 Å². The third kappa shape index (κ3) is 6.21. The van der Waals surface area contributed by atoms with Gasteiger partial charge in [-0.2, -0.15) is 0 Å². The predicted molar refractivity (Wildman–Crippen MR) is 135 cm³/mol. The van der Waals surface area contributed by atoms with Crippen LogP contribution in [-0.2, 0) is 20.9 Å². The van der Waals surface area contributed by atoms with Gasteiger partial charge in [-0.05, 0) is 48.2 Å². The van der Waals surface area contributed by atoms with Gasteiger partial charge in [0, 0.05) is 12.2 Å². The molecular weight excluding hydrogens is 458 g/mol. The number of nitrogens with one attached hydrogen (secondary N) is 2. The Morgan fingerprint density at radius 2 is 1.61 bits per heavy atom. The first-order valence-electron chi connectivity index (χ1n) is 11.8. The van der Waals surface area contributed by atoms with Gasteiger partial charge in [0.25, 0.3) is 5.91 Å². The topological polar surface area (TPSA) is 97.0 Å². The Hall–Kier alpha value is -4.33. The van der Waals surface area contributed by atoms with Crippen LogP contribution in [0.5, 0.6) is 5.75 Å². The molecule has 1 saturated heterocycles. The predicted octanol–water partition coefficient (Wildman–Crippen LogP) is 4.29. The van der Waals surface area contributed by atoms with E-state index in [1.54, 1.807) is 43.5 Å². The number of amides is 3. The van der Waals surface area contributed by atoms with E-state index in [9.17, 15) is 14.4 Å². The molecule has 3 aromatic rings. The van der Waals surface area contributed by atoms with Crippen molar-refractivity contribution in [3.63, 3.8) is 0 Å². The van der Waals surface area contributed by atoms with Crippen molar-refractivity contribution in [3.05, 3.63) is 96.1 Å². The van der Waals surface area contributed by atoms with Crippen LogP contribution in [0.2, 0.25) is 0 Å². The number of ether oxygens (including phenoxy) is 2. The van der Waals surface area contributed by atoms with Gasteiger partial charge in [-0.1, -0.05) is 60.7 Å². The van der Waals surface area contributed by atoms with E-state index >= 15 is 0 Å². The highest BCUT2D eigenvalue weighted by molar-refractivity contribution is 5.99. The number of rotatable bonds is 8. The maximum absolute atomic E-state index is 13.3. The van der Waals surface area contributed by atoms with Gasteiger partial charge in [0.1, 0.15) is 24.4 Å². The van der Waals surface area contributed by atoms with Crippen LogP contribution in [0.4, 0.5) is 10.5 Å². The lowest BCUT2D eigenvalue weighted by Crippen LogP contribution is -2.48. The molecule has 2 N–H and O–H groups in total. The van der Waals surface area contributed by atoms with Crippen molar-refractivity contribution >= 4 is 23.6 Å². The van der Waals surface area contributed by atoms with E-state index in [2.05, 4.69) is 10.6 Å². The molecule has 0 saturated carbocycles. The molecule has 0 radical (unpaired) electrons. The van der Waals surface area contributed by atoms with Gasteiger partial charge < -0.3 is 20.1 Å². The molecule has 1 heterocycles. The highest BCUT2D eigenvalue weighted by Crippen LogP contribution is 2.23.